The van der Waals surface area contributed by atoms with Crippen LogP contribution >= 0.6 is 11.3 Å². The number of thiophene rings is 1. The van der Waals surface area contributed by atoms with Crippen molar-refractivity contribution in [3.63, 3.8) is 0 Å². The normalized spacial score (nSPS) is 13.3. The van der Waals surface area contributed by atoms with Gasteiger partial charge >= 0.3 is 0 Å². The fourth-order valence-corrected chi connectivity index (χ4v) is 18.4. The second-order valence-electron chi connectivity index (χ2n) is 27.8. The summed E-state index contributed by atoms with van der Waals surface area (Å²) in [6, 6.07) is 121. The first-order valence-electron chi connectivity index (χ1n) is 36.0. The molecule has 2 spiro atoms. The smallest absolute Gasteiger partial charge is 0.182 e. The van der Waals surface area contributed by atoms with Crippen molar-refractivity contribution in [1.29, 1.82) is 0 Å². The summed E-state index contributed by atoms with van der Waals surface area (Å²) in [5, 5.41) is 2.45. The lowest BCUT2D eigenvalue weighted by Crippen LogP contribution is -2.32. The summed E-state index contributed by atoms with van der Waals surface area (Å²) < 4.78 is 16.6. The van der Waals surface area contributed by atoms with Gasteiger partial charge in [0.15, 0.2) is 34.9 Å². The first kappa shape index (κ1) is 60.6. The zero-order valence-electron chi connectivity index (χ0n) is 57.3. The summed E-state index contributed by atoms with van der Waals surface area (Å²) in [4.78, 5) is 35.4. The molecule has 9 nitrogen and oxygen atoms in total. The Morgan fingerprint density at radius 3 is 1.02 bits per heavy atom. The fourth-order valence-electron chi connectivity index (χ4n) is 17.2. The topological polar surface area (TPSA) is 109 Å². The molecule has 4 aliphatic rings. The molecule has 6 heterocycles. The lowest BCUT2D eigenvalue weighted by Gasteiger charge is -2.39. The third-order valence-electron chi connectivity index (χ3n) is 22.1. The van der Waals surface area contributed by atoms with Crippen molar-refractivity contribution in [3.8, 4) is 147 Å². The highest BCUT2D eigenvalue weighted by molar-refractivity contribution is 7.25. The predicted molar refractivity (Wildman–Crippen MR) is 428 cm³/mol. The molecule has 0 atom stereocenters. The van der Waals surface area contributed by atoms with Crippen LogP contribution < -0.4 is 9.47 Å². The predicted octanol–water partition coefficient (Wildman–Crippen LogP) is 23.8. The monoisotopic (exact) mass is 1380 g/mol. The zero-order valence-corrected chi connectivity index (χ0v) is 58.1. The molecule has 0 saturated heterocycles. The van der Waals surface area contributed by atoms with E-state index in [2.05, 4.69) is 296 Å². The van der Waals surface area contributed by atoms with Gasteiger partial charge in [-0.1, -0.05) is 291 Å². The van der Waals surface area contributed by atoms with E-state index < -0.39 is 10.8 Å². The highest BCUT2D eigenvalue weighted by Crippen LogP contribution is 2.64. The van der Waals surface area contributed by atoms with Crippen LogP contribution in [0.3, 0.4) is 0 Å². The molecule has 0 amide bonds. The number of benzene rings is 14. The summed E-state index contributed by atoms with van der Waals surface area (Å²) in [6.45, 7) is 0. The average molecular weight is 1380 g/mol. The van der Waals surface area contributed by atoms with Gasteiger partial charge in [0.1, 0.15) is 28.7 Å². The first-order chi connectivity index (χ1) is 53.0. The number of para-hydroxylation sites is 1. The number of nitrogens with zero attached hydrogens (tertiary/aromatic N) is 7. The Bertz CT molecular complexity index is 6550. The molecule has 2 aliphatic heterocycles. The van der Waals surface area contributed by atoms with Crippen LogP contribution in [0.15, 0.2) is 346 Å². The molecule has 0 radical (unpaired) electrons. The Kier molecular flexibility index (Phi) is 13.5. The second-order valence-corrected chi connectivity index (χ2v) is 28.8. The molecule has 18 aromatic rings. The van der Waals surface area contributed by atoms with Crippen molar-refractivity contribution < 1.29 is 9.47 Å². The minimum Gasteiger partial charge on any atom is -0.457 e. The quantitative estimate of drug-likeness (QED) is 0.140. The number of fused-ring (bicyclic) bond motifs is 21. The molecule has 2 aliphatic carbocycles. The van der Waals surface area contributed by atoms with Crippen molar-refractivity contribution in [3.05, 3.63) is 390 Å². The summed E-state index contributed by atoms with van der Waals surface area (Å²) >= 11 is 1.78. The molecule has 107 heavy (non-hydrogen) atoms. The number of hydrogen-bond acceptors (Lipinski definition) is 10. The van der Waals surface area contributed by atoms with Gasteiger partial charge in [0.25, 0.3) is 0 Å². The Morgan fingerprint density at radius 2 is 0.551 bits per heavy atom. The van der Waals surface area contributed by atoms with Crippen LogP contribution in [0, 0.1) is 0 Å². The zero-order chi connectivity index (χ0) is 70.3. The third kappa shape index (κ3) is 9.39. The van der Waals surface area contributed by atoms with Crippen LogP contribution in [0.25, 0.3) is 144 Å². The standard InChI is InChI=1S/C97H57N7O2S/c1-2-18-61(19-3-1)90-99-93(104-95(103-90)83-30-16-17-53-98-83)64-43-37-60(38-44-64)67-48-52-82-87(56-67)106-86-55-66(47-51-81(86)97(82)77-27-11-6-22-71(77)72-23-7-12-28-78(72)97)59-35-41-63(42-36-59)92-100-91(101-94(102-92)68-45-49-74-73-24-8-15-32-88(73)107-89(74)57-68)62-39-33-58(34-40-62)65-46-50-80-85(54-65)105-84-31-14-13-29-79(84)96(80)75-25-9-4-20-69(75)70-21-5-10-26-76(70)96/h1-57H. The molecule has 22 rings (SSSR count). The van der Waals surface area contributed by atoms with Crippen LogP contribution in [0.5, 0.6) is 23.0 Å². The lowest BCUT2D eigenvalue weighted by atomic mass is 9.65. The van der Waals surface area contributed by atoms with Crippen molar-refractivity contribution >= 4 is 31.5 Å². The van der Waals surface area contributed by atoms with E-state index in [1.807, 2.05) is 48.5 Å². The Labute approximate surface area is 620 Å². The molecule has 4 aromatic heterocycles. The summed E-state index contributed by atoms with van der Waals surface area (Å²) in [5.74, 6) is 6.69. The van der Waals surface area contributed by atoms with E-state index in [1.54, 1.807) is 17.5 Å². The van der Waals surface area contributed by atoms with Gasteiger partial charge in [-0.25, -0.2) is 29.9 Å². The van der Waals surface area contributed by atoms with Gasteiger partial charge in [-0.15, -0.1) is 11.3 Å². The number of ether oxygens (including phenoxy) is 2. The number of pyridine rings is 1. The molecule has 498 valence electrons. The van der Waals surface area contributed by atoms with E-state index in [1.165, 1.54) is 64.7 Å². The van der Waals surface area contributed by atoms with Gasteiger partial charge in [0.05, 0.1) is 10.8 Å². The molecule has 0 bridgehead atoms. The number of aromatic nitrogens is 7. The summed E-state index contributed by atoms with van der Waals surface area (Å²) in [7, 11) is 0. The molecular formula is C97H57N7O2S. The maximum absolute atomic E-state index is 7.31. The van der Waals surface area contributed by atoms with Gasteiger partial charge in [-0.3, -0.25) is 4.98 Å². The third-order valence-corrected chi connectivity index (χ3v) is 23.2. The summed E-state index contributed by atoms with van der Waals surface area (Å²) in [6.07, 6.45) is 1.76. The molecule has 0 fully saturated rings. The largest absolute Gasteiger partial charge is 0.457 e. The minimum atomic E-state index is -0.665. The van der Waals surface area contributed by atoms with E-state index in [0.29, 0.717) is 40.6 Å². The lowest BCUT2D eigenvalue weighted by molar-refractivity contribution is 0.436. The number of hydrogen-bond donors (Lipinski definition) is 0. The number of rotatable bonds is 9. The maximum atomic E-state index is 7.31. The van der Waals surface area contributed by atoms with E-state index in [9.17, 15) is 0 Å². The van der Waals surface area contributed by atoms with Crippen LogP contribution in [0.4, 0.5) is 0 Å². The average Bonchev–Trinajstić information content (AvgIpc) is 1.51. The fraction of sp³-hybridized carbons (Fsp3) is 0.0206. The maximum Gasteiger partial charge on any atom is 0.182 e. The van der Waals surface area contributed by atoms with Crippen molar-refractivity contribution in [1.82, 2.24) is 34.9 Å². The SMILES string of the molecule is c1ccc(-c2nc(-c3ccc(-c4ccc5c(c4)Oc4cc(-c6ccc(-c7nc(-c8ccc(-c9ccc%10c(c9)Oc9ccccc9C%109c%10ccccc%10-c%10ccccc%109)cc8)nc(-c8ccc9c(c8)sc8ccccc89)n7)cc6)ccc4C54c5ccccc5-c5ccccc54)cc3)nc(-c3ccccn3)n2)cc1. The van der Waals surface area contributed by atoms with Crippen LogP contribution in [0.2, 0.25) is 0 Å². The Balaban J connectivity index is 0.615. The van der Waals surface area contributed by atoms with Crippen molar-refractivity contribution in [2.45, 2.75) is 10.8 Å². The molecule has 0 unspecified atom stereocenters. The van der Waals surface area contributed by atoms with Crippen LogP contribution in [-0.2, 0) is 10.8 Å². The van der Waals surface area contributed by atoms with Crippen LogP contribution in [-0.4, -0.2) is 34.9 Å². The second kappa shape index (κ2) is 23.8. The Hall–Kier alpha value is -13.9. The molecular weight excluding hydrogens is 1330 g/mol. The van der Waals surface area contributed by atoms with Gasteiger partial charge < -0.3 is 9.47 Å². The van der Waals surface area contributed by atoms with Crippen molar-refractivity contribution in [2.24, 2.45) is 0 Å². The van der Waals surface area contributed by atoms with Gasteiger partial charge in [0.2, 0.25) is 0 Å². The first-order valence-corrected chi connectivity index (χ1v) is 36.8. The summed E-state index contributed by atoms with van der Waals surface area (Å²) in [5.41, 5.74) is 24.4. The highest BCUT2D eigenvalue weighted by Gasteiger charge is 2.53. The van der Waals surface area contributed by atoms with E-state index in [-0.39, 0.29) is 0 Å². The van der Waals surface area contributed by atoms with E-state index >= 15 is 0 Å². The van der Waals surface area contributed by atoms with Gasteiger partial charge in [-0.05, 0) is 126 Å². The minimum absolute atomic E-state index is 0.511. The van der Waals surface area contributed by atoms with Gasteiger partial charge in [0, 0.05) is 76.4 Å². The van der Waals surface area contributed by atoms with E-state index in [4.69, 9.17) is 39.4 Å². The molecule has 0 N–H and O–H groups in total. The van der Waals surface area contributed by atoms with E-state index in [0.717, 1.165) is 106 Å². The molecule has 10 heteroatoms. The van der Waals surface area contributed by atoms with Crippen LogP contribution in [0.1, 0.15) is 44.5 Å². The van der Waals surface area contributed by atoms with Crippen molar-refractivity contribution in [2.75, 3.05) is 0 Å². The highest BCUT2D eigenvalue weighted by atomic mass is 32.1. The molecule has 0 saturated carbocycles. The Morgan fingerprint density at radius 1 is 0.215 bits per heavy atom. The molecule has 14 aromatic carbocycles. The van der Waals surface area contributed by atoms with Gasteiger partial charge in [-0.2, -0.15) is 0 Å².